The van der Waals surface area contributed by atoms with Gasteiger partial charge in [-0.3, -0.25) is 19.2 Å². The van der Waals surface area contributed by atoms with Crippen molar-refractivity contribution in [2.24, 2.45) is 5.18 Å². The highest BCUT2D eigenvalue weighted by atomic mass is 16.7. The largest absolute Gasteiger partial charge is 0.463 e. The molecule has 214 valence electrons. The van der Waals surface area contributed by atoms with Crippen LogP contribution in [0, 0.1) is 18.8 Å². The van der Waals surface area contributed by atoms with Gasteiger partial charge in [0.2, 0.25) is 12.4 Å². The lowest BCUT2D eigenvalue weighted by Crippen LogP contribution is -2.63. The molecule has 2 aromatic carbocycles. The zero-order chi connectivity index (χ0) is 29.6. The number of nitrogens with zero attached hydrogens (tertiary/aromatic N) is 1. The van der Waals surface area contributed by atoms with Gasteiger partial charge in [-0.15, -0.1) is 4.91 Å². The second kappa shape index (κ2) is 13.2. The highest BCUT2D eigenvalue weighted by Gasteiger charge is 2.53. The van der Waals surface area contributed by atoms with Gasteiger partial charge in [-0.05, 0) is 65.5 Å². The number of benzene rings is 2. The first-order valence-corrected chi connectivity index (χ1v) is 12.4. The molecule has 1 saturated heterocycles. The summed E-state index contributed by atoms with van der Waals surface area (Å²) in [6.45, 7) is 7.85. The minimum atomic E-state index is -1.34. The maximum atomic E-state index is 12.0. The van der Waals surface area contributed by atoms with Gasteiger partial charge in [-0.2, -0.15) is 0 Å². The van der Waals surface area contributed by atoms with Crippen molar-refractivity contribution in [1.29, 1.82) is 0 Å². The number of carbonyl (C=O) groups excluding carboxylic acids is 4. The van der Waals surface area contributed by atoms with Crippen LogP contribution in [0.3, 0.4) is 0 Å². The number of carbonyl (C=O) groups is 4. The molecule has 12 heteroatoms. The van der Waals surface area contributed by atoms with Crippen LogP contribution in [-0.2, 0) is 42.9 Å². The number of hydrogen-bond acceptors (Lipinski definition) is 12. The summed E-state index contributed by atoms with van der Waals surface area (Å²) in [5.74, 6) is -2.45. The van der Waals surface area contributed by atoms with Crippen LogP contribution >= 0.6 is 0 Å². The maximum Gasteiger partial charge on any atom is 0.303 e. The molecule has 0 bridgehead atoms. The van der Waals surface area contributed by atoms with Crippen molar-refractivity contribution in [3.63, 3.8) is 0 Å². The molecule has 40 heavy (non-hydrogen) atoms. The van der Waals surface area contributed by atoms with Crippen molar-refractivity contribution in [2.45, 2.75) is 72.2 Å². The Kier molecular flexibility index (Phi) is 9.94. The number of nitroso groups, excluding NO2 is 1. The molecule has 1 heterocycles. The number of aryl methyl sites for hydroxylation is 2. The van der Waals surface area contributed by atoms with Crippen LogP contribution in [0.5, 0.6) is 5.75 Å². The molecule has 0 aliphatic carbocycles. The zero-order valence-corrected chi connectivity index (χ0v) is 23.0. The highest BCUT2D eigenvalue weighted by Crippen LogP contribution is 2.34. The molecular formula is C28H31NO11. The summed E-state index contributed by atoms with van der Waals surface area (Å²) in [6.07, 6.45) is -6.42. The molecule has 1 aliphatic rings. The molecule has 12 nitrogen and oxygen atoms in total. The summed E-state index contributed by atoms with van der Waals surface area (Å²) in [7, 11) is 0. The molecule has 0 amide bonds. The first-order chi connectivity index (χ1) is 18.9. The van der Waals surface area contributed by atoms with Gasteiger partial charge in [0.05, 0.1) is 0 Å². The third-order valence-corrected chi connectivity index (χ3v) is 5.99. The van der Waals surface area contributed by atoms with Gasteiger partial charge in [-0.1, -0.05) is 12.1 Å². The molecule has 3 rings (SSSR count). The Labute approximate surface area is 230 Å². The molecular weight excluding hydrogens is 526 g/mol. The van der Waals surface area contributed by atoms with Crippen molar-refractivity contribution in [2.75, 3.05) is 6.61 Å². The molecule has 1 fully saturated rings. The quantitative estimate of drug-likeness (QED) is 0.251. The van der Waals surface area contributed by atoms with E-state index in [1.165, 1.54) is 6.92 Å². The fraction of sp³-hybridized carbons (Fsp3) is 0.429. The standard InChI is InChI=1S/C28H31NO11/c1-14-11-20(7-9-22(14)29-34)21-8-10-23(15(2)12-21)39-28-27(38-19(6)33)26(37-18(5)32)25(36-17(4)31)24(40-28)13-35-16(3)30/h7-12,24-28H,13H2,1-6H3/t24-,25-,26+,27+,28+/m1/s1. The minimum Gasteiger partial charge on any atom is -0.463 e. The number of ether oxygens (including phenoxy) is 6. The predicted molar refractivity (Wildman–Crippen MR) is 139 cm³/mol. The molecule has 0 radical (unpaired) electrons. The topological polar surface area (TPSA) is 153 Å². The van der Waals surface area contributed by atoms with Gasteiger partial charge in [-0.25, -0.2) is 0 Å². The summed E-state index contributed by atoms with van der Waals surface area (Å²) in [5.41, 5.74) is 3.45. The Hall–Kier alpha value is -4.32. The Morgan fingerprint density at radius 3 is 1.82 bits per heavy atom. The van der Waals surface area contributed by atoms with Crippen molar-refractivity contribution >= 4 is 29.6 Å². The summed E-state index contributed by atoms with van der Waals surface area (Å²) in [4.78, 5) is 58.4. The third-order valence-electron chi connectivity index (χ3n) is 5.99. The minimum absolute atomic E-state index is 0.351. The monoisotopic (exact) mass is 557 g/mol. The number of rotatable bonds is 9. The van der Waals surface area contributed by atoms with E-state index in [0.717, 1.165) is 37.5 Å². The Morgan fingerprint density at radius 2 is 1.30 bits per heavy atom. The number of esters is 4. The van der Waals surface area contributed by atoms with E-state index in [0.29, 0.717) is 17.0 Å². The molecule has 2 aromatic rings. The molecule has 5 atom stereocenters. The van der Waals surface area contributed by atoms with E-state index < -0.39 is 54.6 Å². The van der Waals surface area contributed by atoms with Crippen LogP contribution in [0.4, 0.5) is 5.69 Å². The maximum absolute atomic E-state index is 12.0. The van der Waals surface area contributed by atoms with E-state index in [-0.39, 0.29) is 6.61 Å². The average molecular weight is 558 g/mol. The highest BCUT2D eigenvalue weighted by molar-refractivity contribution is 5.70. The molecule has 1 aliphatic heterocycles. The zero-order valence-electron chi connectivity index (χ0n) is 23.0. The van der Waals surface area contributed by atoms with Gasteiger partial charge in [0, 0.05) is 27.7 Å². The molecule has 0 unspecified atom stereocenters. The Morgan fingerprint density at radius 1 is 0.750 bits per heavy atom. The van der Waals surface area contributed by atoms with E-state index >= 15 is 0 Å². The van der Waals surface area contributed by atoms with Crippen LogP contribution < -0.4 is 4.74 Å². The van der Waals surface area contributed by atoms with Crippen LogP contribution in [0.15, 0.2) is 41.6 Å². The fourth-order valence-corrected chi connectivity index (χ4v) is 4.31. The van der Waals surface area contributed by atoms with Gasteiger partial charge in [0.15, 0.2) is 12.2 Å². The SMILES string of the molecule is CC(=O)OC[C@H]1O[C@H](Oc2ccc(-c3ccc(N=O)c(C)c3)cc2C)[C@@H](OC(C)=O)[C@@H](OC(C)=O)[C@@H]1OC(C)=O. The van der Waals surface area contributed by atoms with Crippen molar-refractivity contribution in [3.8, 4) is 16.9 Å². The van der Waals surface area contributed by atoms with Crippen LogP contribution in [0.2, 0.25) is 0 Å². The van der Waals surface area contributed by atoms with Crippen LogP contribution in [0.1, 0.15) is 38.8 Å². The summed E-state index contributed by atoms with van der Waals surface area (Å²) < 4.78 is 33.5. The van der Waals surface area contributed by atoms with E-state index in [9.17, 15) is 24.1 Å². The second-order valence-corrected chi connectivity index (χ2v) is 9.26. The van der Waals surface area contributed by atoms with Crippen molar-refractivity contribution in [3.05, 3.63) is 52.4 Å². The summed E-state index contributed by atoms with van der Waals surface area (Å²) >= 11 is 0. The first kappa shape index (κ1) is 30.2. The Balaban J connectivity index is 1.98. The van der Waals surface area contributed by atoms with Gasteiger partial charge in [0.25, 0.3) is 0 Å². The van der Waals surface area contributed by atoms with E-state index in [2.05, 4.69) is 5.18 Å². The average Bonchev–Trinajstić information content (AvgIpc) is 2.86. The first-order valence-electron chi connectivity index (χ1n) is 12.4. The van der Waals surface area contributed by atoms with Gasteiger partial charge < -0.3 is 28.4 Å². The van der Waals surface area contributed by atoms with Gasteiger partial charge >= 0.3 is 23.9 Å². The number of hydrogen-bond donors (Lipinski definition) is 0. The summed E-state index contributed by atoms with van der Waals surface area (Å²) in [6, 6.07) is 10.6. The molecule has 0 aromatic heterocycles. The van der Waals surface area contributed by atoms with E-state index in [1.807, 2.05) is 12.1 Å². The van der Waals surface area contributed by atoms with E-state index in [1.54, 1.807) is 38.1 Å². The van der Waals surface area contributed by atoms with Gasteiger partial charge in [0.1, 0.15) is 24.1 Å². The lowest BCUT2D eigenvalue weighted by atomic mass is 9.97. The Bertz CT molecular complexity index is 1290. The van der Waals surface area contributed by atoms with Crippen LogP contribution in [-0.4, -0.2) is 61.2 Å². The molecule has 0 spiro atoms. The molecule has 0 N–H and O–H groups in total. The second-order valence-electron chi connectivity index (χ2n) is 9.26. The normalized spacial score (nSPS) is 22.0. The van der Waals surface area contributed by atoms with E-state index in [4.69, 9.17) is 28.4 Å². The van der Waals surface area contributed by atoms with Crippen LogP contribution in [0.25, 0.3) is 11.1 Å². The third kappa shape index (κ3) is 7.63. The smallest absolute Gasteiger partial charge is 0.303 e. The lowest BCUT2D eigenvalue weighted by Gasteiger charge is -2.44. The lowest BCUT2D eigenvalue weighted by molar-refractivity contribution is -0.288. The van der Waals surface area contributed by atoms with Crippen molar-refractivity contribution in [1.82, 2.24) is 0 Å². The fourth-order valence-electron chi connectivity index (χ4n) is 4.31. The molecule has 0 saturated carbocycles. The predicted octanol–water partition coefficient (Wildman–Crippen LogP) is 3.83. The van der Waals surface area contributed by atoms with Crippen molar-refractivity contribution < 1.29 is 47.6 Å². The summed E-state index contributed by atoms with van der Waals surface area (Å²) in [5, 5.41) is 3.00.